The molecule has 0 aliphatic carbocycles. The molecule has 8 heteroatoms. The van der Waals surface area contributed by atoms with E-state index in [1.54, 1.807) is 12.1 Å². The molecule has 0 saturated carbocycles. The second kappa shape index (κ2) is 9.96. The van der Waals surface area contributed by atoms with E-state index in [0.29, 0.717) is 18.0 Å². The number of carbonyl (C=O) groups excluding carboxylic acids is 1. The highest BCUT2D eigenvalue weighted by molar-refractivity contribution is 7.96. The Hall–Kier alpha value is -1.77. The van der Waals surface area contributed by atoms with Crippen LogP contribution < -0.4 is 14.9 Å². The van der Waals surface area contributed by atoms with Crippen LogP contribution in [0.1, 0.15) is 25.7 Å². The van der Waals surface area contributed by atoms with Gasteiger partial charge in [-0.15, -0.1) is 0 Å². The predicted molar refractivity (Wildman–Crippen MR) is 114 cm³/mol. The number of unbranched alkanes of at least 4 members (excludes halogenated alkanes) is 3. The second-order valence-electron chi connectivity index (χ2n) is 6.57. The zero-order valence-electron chi connectivity index (χ0n) is 15.7. The van der Waals surface area contributed by atoms with Crippen LogP contribution in [-0.2, 0) is 10.0 Å². The Morgan fingerprint density at radius 3 is 2.26 bits per heavy atom. The maximum absolute atomic E-state index is 12.8. The van der Waals surface area contributed by atoms with Crippen LogP contribution in [0, 0.1) is 0 Å². The Kier molecular flexibility index (Phi) is 7.94. The predicted octanol–water partition coefficient (Wildman–Crippen LogP) is 3.38. The fourth-order valence-corrected chi connectivity index (χ4v) is 4.38. The zero-order chi connectivity index (χ0) is 19.9. The van der Waals surface area contributed by atoms with Crippen molar-refractivity contribution in [1.82, 2.24) is 10.0 Å². The first kappa shape index (κ1) is 21.5. The summed E-state index contributed by atoms with van der Waals surface area (Å²) in [4.78, 5) is 12.9. The van der Waals surface area contributed by atoms with Gasteiger partial charge in [0.05, 0.1) is 4.90 Å². The first-order chi connectivity index (χ1) is 12.8. The highest BCUT2D eigenvalue weighted by Gasteiger charge is 2.17. The van der Waals surface area contributed by atoms with Gasteiger partial charge in [0.15, 0.2) is 0 Å². The van der Waals surface area contributed by atoms with Crippen molar-refractivity contribution in [1.29, 1.82) is 0 Å². The normalized spacial score (nSPS) is 11.5. The highest BCUT2D eigenvalue weighted by atomic mass is 32.2. The molecule has 2 aromatic rings. The molecule has 2 aromatic carbocycles. The number of benzene rings is 2. The van der Waals surface area contributed by atoms with Crippen molar-refractivity contribution in [3.05, 3.63) is 36.4 Å². The van der Waals surface area contributed by atoms with Crippen LogP contribution >= 0.6 is 12.6 Å². The molecule has 27 heavy (non-hydrogen) atoms. The monoisotopic (exact) mass is 409 g/mol. The van der Waals surface area contributed by atoms with Gasteiger partial charge in [-0.25, -0.2) is 13.1 Å². The van der Waals surface area contributed by atoms with E-state index in [9.17, 15) is 13.2 Å². The number of anilines is 1. The smallest absolute Gasteiger partial charge is 0.275 e. The molecule has 6 nitrogen and oxygen atoms in total. The van der Waals surface area contributed by atoms with Crippen LogP contribution in [0.3, 0.4) is 0 Å². The molecule has 0 aromatic heterocycles. The van der Waals surface area contributed by atoms with Crippen LogP contribution in [0.2, 0.25) is 0 Å². The number of sulfonamides is 1. The quantitative estimate of drug-likeness (QED) is 0.415. The lowest BCUT2D eigenvalue weighted by Gasteiger charge is -2.17. The van der Waals surface area contributed by atoms with Gasteiger partial charge in [0.1, 0.15) is 0 Å². The largest absolute Gasteiger partial charge is 0.377 e. The van der Waals surface area contributed by atoms with Crippen molar-refractivity contribution >= 4 is 44.4 Å². The van der Waals surface area contributed by atoms with Crippen molar-refractivity contribution < 1.29 is 13.2 Å². The Morgan fingerprint density at radius 2 is 1.59 bits per heavy atom. The number of hydrogen-bond acceptors (Lipinski definition) is 4. The van der Waals surface area contributed by atoms with Crippen LogP contribution in [-0.4, -0.2) is 40.8 Å². The molecule has 0 aliphatic heterocycles. The number of carbonyl (C=O) groups is 1. The molecular weight excluding hydrogens is 382 g/mol. The topological polar surface area (TPSA) is 78.5 Å². The molecule has 0 atom stereocenters. The first-order valence-electron chi connectivity index (χ1n) is 8.98. The zero-order valence-corrected chi connectivity index (χ0v) is 17.4. The molecule has 0 saturated heterocycles. The number of amides is 1. The lowest BCUT2D eigenvalue weighted by Crippen LogP contribution is -2.25. The number of thiol groups is 1. The summed E-state index contributed by atoms with van der Waals surface area (Å²) in [5.74, 6) is 0. The third kappa shape index (κ3) is 6.12. The van der Waals surface area contributed by atoms with Gasteiger partial charge in [0.2, 0.25) is 10.0 Å². The Balaban J connectivity index is 1.97. The molecule has 0 spiro atoms. The van der Waals surface area contributed by atoms with E-state index in [1.807, 2.05) is 43.3 Å². The Labute approximate surface area is 166 Å². The third-order valence-corrected chi connectivity index (χ3v) is 5.98. The SMILES string of the molecule is CN(C)c1cccc2c(S(=O)(=O)NCCCCCCNC(=O)S)cccc12. The van der Waals surface area contributed by atoms with Crippen LogP contribution in [0.5, 0.6) is 0 Å². The lowest BCUT2D eigenvalue weighted by molar-refractivity contribution is 0.261. The average molecular weight is 410 g/mol. The minimum absolute atomic E-state index is 0.306. The van der Waals surface area contributed by atoms with E-state index < -0.39 is 10.0 Å². The minimum atomic E-state index is -3.57. The van der Waals surface area contributed by atoms with E-state index in [-0.39, 0.29) is 5.24 Å². The summed E-state index contributed by atoms with van der Waals surface area (Å²) in [7, 11) is 0.307. The number of nitrogens with one attached hydrogen (secondary N) is 2. The van der Waals surface area contributed by atoms with Gasteiger partial charge in [-0.05, 0) is 25.0 Å². The maximum Gasteiger partial charge on any atom is 0.275 e. The van der Waals surface area contributed by atoms with Crippen LogP contribution in [0.25, 0.3) is 10.8 Å². The lowest BCUT2D eigenvalue weighted by atomic mass is 10.1. The third-order valence-electron chi connectivity index (χ3n) is 4.30. The second-order valence-corrected chi connectivity index (χ2v) is 8.71. The molecule has 0 radical (unpaired) electrons. The molecular formula is C19H27N3O3S2. The van der Waals surface area contributed by atoms with Gasteiger partial charge in [-0.1, -0.05) is 49.7 Å². The van der Waals surface area contributed by atoms with Gasteiger partial charge in [-0.2, -0.15) is 0 Å². The summed E-state index contributed by atoms with van der Waals surface area (Å²) < 4.78 is 28.2. The van der Waals surface area contributed by atoms with Gasteiger partial charge in [-0.3, -0.25) is 4.79 Å². The van der Waals surface area contributed by atoms with Crippen molar-refractivity contribution in [2.75, 3.05) is 32.1 Å². The van der Waals surface area contributed by atoms with Gasteiger partial charge in [0, 0.05) is 43.6 Å². The summed E-state index contributed by atoms with van der Waals surface area (Å²) in [5.41, 5.74) is 0.984. The van der Waals surface area contributed by atoms with Crippen LogP contribution in [0.4, 0.5) is 10.5 Å². The van der Waals surface area contributed by atoms with Gasteiger partial charge >= 0.3 is 0 Å². The van der Waals surface area contributed by atoms with Gasteiger partial charge in [0.25, 0.3) is 5.24 Å². The van der Waals surface area contributed by atoms with E-state index >= 15 is 0 Å². The van der Waals surface area contributed by atoms with Crippen molar-refractivity contribution in [2.24, 2.45) is 0 Å². The number of hydrogen-bond donors (Lipinski definition) is 3. The molecule has 148 valence electrons. The number of nitrogens with zero attached hydrogens (tertiary/aromatic N) is 1. The molecule has 0 heterocycles. The Morgan fingerprint density at radius 1 is 0.963 bits per heavy atom. The summed E-state index contributed by atoms with van der Waals surface area (Å²) in [5, 5.41) is 3.93. The van der Waals surface area contributed by atoms with E-state index in [1.165, 1.54) is 0 Å². The van der Waals surface area contributed by atoms with Gasteiger partial charge < -0.3 is 10.2 Å². The van der Waals surface area contributed by atoms with E-state index in [4.69, 9.17) is 0 Å². The van der Waals surface area contributed by atoms with Crippen molar-refractivity contribution in [3.8, 4) is 0 Å². The molecule has 2 rings (SSSR count). The summed E-state index contributed by atoms with van der Waals surface area (Å²) in [6.45, 7) is 0.989. The van der Waals surface area contributed by atoms with E-state index in [0.717, 1.165) is 42.1 Å². The number of fused-ring (bicyclic) bond motifs is 1. The van der Waals surface area contributed by atoms with Crippen molar-refractivity contribution in [2.45, 2.75) is 30.6 Å². The average Bonchev–Trinajstić information content (AvgIpc) is 2.62. The summed E-state index contributed by atoms with van der Waals surface area (Å²) >= 11 is 3.64. The molecule has 1 amide bonds. The first-order valence-corrected chi connectivity index (χ1v) is 10.9. The summed E-state index contributed by atoms with van der Waals surface area (Å²) in [6, 6.07) is 11.0. The van der Waals surface area contributed by atoms with Crippen LogP contribution in [0.15, 0.2) is 41.3 Å². The highest BCUT2D eigenvalue weighted by Crippen LogP contribution is 2.30. The van der Waals surface area contributed by atoms with E-state index in [2.05, 4.69) is 22.7 Å². The fraction of sp³-hybridized carbons (Fsp3) is 0.421. The minimum Gasteiger partial charge on any atom is -0.377 e. The molecule has 0 bridgehead atoms. The molecule has 0 unspecified atom stereocenters. The standard InChI is InChI=1S/C19H27N3O3S2/c1-22(2)17-11-7-10-16-15(17)9-8-12-18(16)27(24,25)21-14-6-4-3-5-13-20-19(23)26/h7-12,21H,3-6,13-14H2,1-2H3,(H2,20,23,26). The molecule has 0 fully saturated rings. The molecule has 0 aliphatic rings. The maximum atomic E-state index is 12.8. The van der Waals surface area contributed by atoms with Crippen molar-refractivity contribution in [3.63, 3.8) is 0 Å². The fourth-order valence-electron chi connectivity index (χ4n) is 2.97. The summed E-state index contributed by atoms with van der Waals surface area (Å²) in [6.07, 6.45) is 3.43. The number of rotatable bonds is 10. The Bertz CT molecular complexity index is 883. The molecule has 2 N–H and O–H groups in total.